The van der Waals surface area contributed by atoms with Crippen molar-refractivity contribution in [2.24, 2.45) is 16.7 Å². The molecule has 2 saturated carbocycles. The molecule has 0 spiro atoms. The SMILES string of the molecule is Cc1cn[nH]c1C1CCCN(S(=O)(=O)CC23CCC(CC2=O)C3(C)C)C1. The fourth-order valence-corrected chi connectivity index (χ4v) is 8.01. The quantitative estimate of drug-likeness (QED) is 0.872. The Kier molecular flexibility index (Phi) is 4.12. The van der Waals surface area contributed by atoms with Crippen molar-refractivity contribution >= 4 is 15.8 Å². The summed E-state index contributed by atoms with van der Waals surface area (Å²) < 4.78 is 28.2. The van der Waals surface area contributed by atoms with Crippen LogP contribution in [0.15, 0.2) is 6.20 Å². The fourth-order valence-electron chi connectivity index (χ4n) is 5.71. The molecule has 26 heavy (non-hydrogen) atoms. The number of aryl methyl sites for hydroxylation is 1. The molecule has 1 aliphatic heterocycles. The summed E-state index contributed by atoms with van der Waals surface area (Å²) in [6.07, 6.45) is 5.85. The maximum absolute atomic E-state index is 13.3. The van der Waals surface area contributed by atoms with Gasteiger partial charge < -0.3 is 0 Å². The van der Waals surface area contributed by atoms with Crippen molar-refractivity contribution in [1.82, 2.24) is 14.5 Å². The number of nitrogens with zero attached hydrogens (tertiary/aromatic N) is 2. The van der Waals surface area contributed by atoms with Crippen LogP contribution in [0, 0.1) is 23.7 Å². The number of rotatable bonds is 4. The van der Waals surface area contributed by atoms with Crippen LogP contribution in [-0.4, -0.2) is 47.5 Å². The fraction of sp³-hybridized carbons (Fsp3) is 0.789. The van der Waals surface area contributed by atoms with Crippen LogP contribution in [0.25, 0.3) is 0 Å². The molecule has 4 rings (SSSR count). The second-order valence-electron chi connectivity index (χ2n) is 9.09. The van der Waals surface area contributed by atoms with E-state index in [1.165, 1.54) is 0 Å². The number of fused-ring (bicyclic) bond motifs is 2. The van der Waals surface area contributed by atoms with Crippen molar-refractivity contribution in [3.05, 3.63) is 17.5 Å². The highest BCUT2D eigenvalue weighted by molar-refractivity contribution is 7.89. The van der Waals surface area contributed by atoms with Crippen molar-refractivity contribution in [3.63, 3.8) is 0 Å². The number of ketones is 1. The average molecular weight is 380 g/mol. The Balaban J connectivity index is 1.57. The standard InChI is InChI=1S/C19H29N3O3S/c1-13-10-20-21-17(13)14-5-4-8-22(11-14)26(24,25)12-19-7-6-15(9-16(19)23)18(19,2)3/h10,14-15H,4-9,11-12H2,1-3H3,(H,20,21). The number of sulfonamides is 1. The van der Waals surface area contributed by atoms with Gasteiger partial charge in [0.1, 0.15) is 5.78 Å². The van der Waals surface area contributed by atoms with Gasteiger partial charge in [-0.15, -0.1) is 0 Å². The zero-order valence-electron chi connectivity index (χ0n) is 15.9. The highest BCUT2D eigenvalue weighted by Crippen LogP contribution is 2.64. The summed E-state index contributed by atoms with van der Waals surface area (Å²) in [5.41, 5.74) is 1.22. The largest absolute Gasteiger partial charge is 0.299 e. The number of piperidine rings is 1. The minimum atomic E-state index is -3.47. The second kappa shape index (κ2) is 5.89. The van der Waals surface area contributed by atoms with E-state index in [1.807, 2.05) is 6.92 Å². The molecule has 0 amide bonds. The van der Waals surface area contributed by atoms with E-state index in [2.05, 4.69) is 24.0 Å². The number of carbonyl (C=O) groups excluding carboxylic acids is 1. The topological polar surface area (TPSA) is 83.1 Å². The first-order valence-electron chi connectivity index (χ1n) is 9.68. The van der Waals surface area contributed by atoms with Crippen LogP contribution >= 0.6 is 0 Å². The Morgan fingerprint density at radius 3 is 2.69 bits per heavy atom. The normalized spacial score (nSPS) is 34.5. The minimum absolute atomic E-state index is 0.0169. The van der Waals surface area contributed by atoms with Crippen LogP contribution in [0.4, 0.5) is 0 Å². The maximum atomic E-state index is 13.3. The van der Waals surface area contributed by atoms with Crippen LogP contribution in [0.1, 0.15) is 63.1 Å². The first-order chi connectivity index (χ1) is 12.2. The van der Waals surface area contributed by atoms with Gasteiger partial charge in [0.05, 0.1) is 11.9 Å². The molecule has 3 aliphatic rings. The molecule has 7 heteroatoms. The minimum Gasteiger partial charge on any atom is -0.299 e. The molecule has 2 heterocycles. The van der Waals surface area contributed by atoms with E-state index < -0.39 is 15.4 Å². The average Bonchev–Trinajstić information content (AvgIpc) is 3.16. The summed E-state index contributed by atoms with van der Waals surface area (Å²) in [6.45, 7) is 7.24. The van der Waals surface area contributed by atoms with E-state index in [-0.39, 0.29) is 22.9 Å². The molecule has 3 fully saturated rings. The van der Waals surface area contributed by atoms with Gasteiger partial charge in [-0.05, 0) is 49.5 Å². The third-order valence-electron chi connectivity index (χ3n) is 7.62. The molecular weight excluding hydrogens is 350 g/mol. The summed E-state index contributed by atoms with van der Waals surface area (Å²) in [4.78, 5) is 12.7. The van der Waals surface area contributed by atoms with Crippen molar-refractivity contribution in [1.29, 1.82) is 0 Å². The third-order valence-corrected chi connectivity index (χ3v) is 9.60. The van der Waals surface area contributed by atoms with Gasteiger partial charge in [-0.25, -0.2) is 12.7 Å². The van der Waals surface area contributed by atoms with Gasteiger partial charge in [-0.3, -0.25) is 9.89 Å². The zero-order chi connectivity index (χ0) is 18.7. The molecule has 0 radical (unpaired) electrons. The first kappa shape index (κ1) is 18.2. The van der Waals surface area contributed by atoms with E-state index in [4.69, 9.17) is 0 Å². The summed E-state index contributed by atoms with van der Waals surface area (Å²) in [7, 11) is -3.47. The van der Waals surface area contributed by atoms with E-state index in [9.17, 15) is 13.2 Å². The summed E-state index contributed by atoms with van der Waals surface area (Å²) >= 11 is 0. The van der Waals surface area contributed by atoms with E-state index in [0.29, 0.717) is 25.4 Å². The monoisotopic (exact) mass is 379 g/mol. The molecule has 2 bridgehead atoms. The lowest BCUT2D eigenvalue weighted by Gasteiger charge is -2.39. The van der Waals surface area contributed by atoms with Gasteiger partial charge in [0.2, 0.25) is 10.0 Å². The number of Topliss-reactive ketones (excluding diaryl/α,β-unsaturated/α-hetero) is 1. The first-order valence-corrected chi connectivity index (χ1v) is 11.3. The molecule has 1 N–H and O–H groups in total. The second-order valence-corrected chi connectivity index (χ2v) is 11.1. The Morgan fingerprint density at radius 1 is 1.35 bits per heavy atom. The summed E-state index contributed by atoms with van der Waals surface area (Å²) in [6, 6.07) is 0. The summed E-state index contributed by atoms with van der Waals surface area (Å²) in [5.74, 6) is 0.645. The highest BCUT2D eigenvalue weighted by atomic mass is 32.2. The molecule has 144 valence electrons. The van der Waals surface area contributed by atoms with Gasteiger partial charge in [-0.2, -0.15) is 5.10 Å². The molecule has 1 aromatic heterocycles. The maximum Gasteiger partial charge on any atom is 0.215 e. The van der Waals surface area contributed by atoms with Crippen LogP contribution < -0.4 is 0 Å². The van der Waals surface area contributed by atoms with Gasteiger partial charge in [0.25, 0.3) is 0 Å². The third kappa shape index (κ3) is 2.50. The lowest BCUT2D eigenvalue weighted by Crippen LogP contribution is -2.48. The predicted octanol–water partition coefficient (Wildman–Crippen LogP) is 2.62. The van der Waals surface area contributed by atoms with E-state index in [1.54, 1.807) is 10.5 Å². The van der Waals surface area contributed by atoms with Gasteiger partial charge in [0.15, 0.2) is 0 Å². The molecule has 2 aliphatic carbocycles. The lowest BCUT2D eigenvalue weighted by molar-refractivity contribution is -0.128. The number of aromatic amines is 1. The Morgan fingerprint density at radius 2 is 2.12 bits per heavy atom. The van der Waals surface area contributed by atoms with Crippen molar-refractivity contribution in [3.8, 4) is 0 Å². The van der Waals surface area contributed by atoms with Crippen molar-refractivity contribution < 1.29 is 13.2 Å². The number of hydrogen-bond acceptors (Lipinski definition) is 4. The molecule has 6 nitrogen and oxygen atoms in total. The molecule has 0 aromatic carbocycles. The molecule has 3 unspecified atom stereocenters. The van der Waals surface area contributed by atoms with E-state index in [0.717, 1.165) is 36.9 Å². The number of carbonyl (C=O) groups is 1. The summed E-state index contributed by atoms with van der Waals surface area (Å²) in [5, 5.41) is 7.13. The predicted molar refractivity (Wildman–Crippen MR) is 99.2 cm³/mol. The molecule has 1 saturated heterocycles. The molecular formula is C19H29N3O3S. The van der Waals surface area contributed by atoms with Gasteiger partial charge in [0, 0.05) is 36.5 Å². The van der Waals surface area contributed by atoms with Crippen LogP contribution in [-0.2, 0) is 14.8 Å². The van der Waals surface area contributed by atoms with Crippen LogP contribution in [0.3, 0.4) is 0 Å². The molecule has 1 aromatic rings. The van der Waals surface area contributed by atoms with Crippen LogP contribution in [0.2, 0.25) is 0 Å². The van der Waals surface area contributed by atoms with Gasteiger partial charge >= 0.3 is 0 Å². The smallest absolute Gasteiger partial charge is 0.215 e. The van der Waals surface area contributed by atoms with Gasteiger partial charge in [-0.1, -0.05) is 13.8 Å². The number of aromatic nitrogens is 2. The number of nitrogens with one attached hydrogen (secondary N) is 1. The molecule has 3 atom stereocenters. The highest BCUT2D eigenvalue weighted by Gasteiger charge is 2.65. The Labute approximate surface area is 155 Å². The number of hydrogen-bond donors (Lipinski definition) is 1. The van der Waals surface area contributed by atoms with Crippen molar-refractivity contribution in [2.45, 2.75) is 58.8 Å². The van der Waals surface area contributed by atoms with Crippen LogP contribution in [0.5, 0.6) is 0 Å². The Hall–Kier alpha value is -1.21. The van der Waals surface area contributed by atoms with E-state index >= 15 is 0 Å². The van der Waals surface area contributed by atoms with Crippen molar-refractivity contribution in [2.75, 3.05) is 18.8 Å². The zero-order valence-corrected chi connectivity index (χ0v) is 16.7. The Bertz CT molecular complexity index is 829. The lowest BCUT2D eigenvalue weighted by atomic mass is 9.70. The number of H-pyrrole nitrogens is 1.